The zero-order valence-corrected chi connectivity index (χ0v) is 16.5. The van der Waals surface area contributed by atoms with Crippen molar-refractivity contribution in [3.63, 3.8) is 0 Å². The van der Waals surface area contributed by atoms with Crippen molar-refractivity contribution in [2.45, 2.75) is 26.7 Å². The average Bonchev–Trinajstić information content (AvgIpc) is 3.08. The molecule has 0 saturated carbocycles. The van der Waals surface area contributed by atoms with Crippen molar-refractivity contribution < 1.29 is 14.3 Å². The molecule has 146 valence electrons. The number of hydrogen-bond donors (Lipinski definition) is 2. The summed E-state index contributed by atoms with van der Waals surface area (Å²) < 4.78 is 11.0. The summed E-state index contributed by atoms with van der Waals surface area (Å²) in [6, 6.07) is 9.94. The summed E-state index contributed by atoms with van der Waals surface area (Å²) >= 11 is 0. The molecule has 3 aromatic rings. The number of methoxy groups -OCH3 is 1. The molecule has 0 fully saturated rings. The van der Waals surface area contributed by atoms with E-state index < -0.39 is 0 Å². The molecule has 1 amide bonds. The topological polar surface area (TPSA) is 76.2 Å². The van der Waals surface area contributed by atoms with Crippen LogP contribution in [-0.4, -0.2) is 36.1 Å². The highest BCUT2D eigenvalue weighted by atomic mass is 16.5. The molecular formula is C22H25N3O3. The number of nitrogens with one attached hydrogen (secondary N) is 2. The third-order valence-electron chi connectivity index (χ3n) is 5.36. The zero-order chi connectivity index (χ0) is 19.7. The van der Waals surface area contributed by atoms with Gasteiger partial charge in [-0.1, -0.05) is 6.07 Å². The van der Waals surface area contributed by atoms with Crippen LogP contribution in [0.1, 0.15) is 22.5 Å². The van der Waals surface area contributed by atoms with Crippen LogP contribution in [0.15, 0.2) is 30.3 Å². The lowest BCUT2D eigenvalue weighted by Crippen LogP contribution is -2.38. The van der Waals surface area contributed by atoms with E-state index in [-0.39, 0.29) is 11.8 Å². The predicted molar refractivity (Wildman–Crippen MR) is 108 cm³/mol. The number of fused-ring (bicyclic) bond motifs is 2. The quantitative estimate of drug-likeness (QED) is 0.714. The fourth-order valence-electron chi connectivity index (χ4n) is 3.54. The van der Waals surface area contributed by atoms with Crippen molar-refractivity contribution in [2.24, 2.45) is 5.92 Å². The smallest absolute Gasteiger partial charge is 0.226 e. The second-order valence-corrected chi connectivity index (χ2v) is 7.36. The zero-order valence-electron chi connectivity index (χ0n) is 16.5. The highest BCUT2D eigenvalue weighted by molar-refractivity contribution is 5.80. The van der Waals surface area contributed by atoms with E-state index in [1.54, 1.807) is 7.11 Å². The fraction of sp³-hybridized carbons (Fsp3) is 0.364. The Morgan fingerprint density at radius 2 is 2.11 bits per heavy atom. The number of imidazole rings is 1. The van der Waals surface area contributed by atoms with Crippen molar-refractivity contribution in [3.05, 3.63) is 52.8 Å². The number of amides is 1. The summed E-state index contributed by atoms with van der Waals surface area (Å²) in [6.07, 6.45) is 1.34. The van der Waals surface area contributed by atoms with E-state index in [0.717, 1.165) is 33.9 Å². The molecule has 1 aliphatic heterocycles. The molecule has 0 spiro atoms. The van der Waals surface area contributed by atoms with Crippen LogP contribution < -0.4 is 14.8 Å². The minimum absolute atomic E-state index is 0.0178. The van der Waals surface area contributed by atoms with Crippen LogP contribution in [0.2, 0.25) is 0 Å². The van der Waals surface area contributed by atoms with E-state index in [9.17, 15) is 4.79 Å². The second-order valence-electron chi connectivity index (χ2n) is 7.36. The number of hydrogen-bond acceptors (Lipinski definition) is 4. The minimum atomic E-state index is -0.179. The number of rotatable bonds is 5. The van der Waals surface area contributed by atoms with Crippen molar-refractivity contribution in [3.8, 4) is 11.5 Å². The molecule has 0 unspecified atom stereocenters. The monoisotopic (exact) mass is 379 g/mol. The van der Waals surface area contributed by atoms with Gasteiger partial charge in [-0.25, -0.2) is 4.98 Å². The highest BCUT2D eigenvalue weighted by Gasteiger charge is 2.26. The van der Waals surface area contributed by atoms with Crippen LogP contribution in [0.3, 0.4) is 0 Å². The number of nitrogens with zero attached hydrogens (tertiary/aromatic N) is 1. The number of carbonyl (C=O) groups excluding carboxylic acids is 1. The molecule has 1 atom stereocenters. The number of H-pyrrole nitrogens is 1. The van der Waals surface area contributed by atoms with Gasteiger partial charge in [-0.15, -0.1) is 0 Å². The third kappa shape index (κ3) is 3.67. The molecule has 2 N–H and O–H groups in total. The molecule has 0 radical (unpaired) electrons. The third-order valence-corrected chi connectivity index (χ3v) is 5.36. The van der Waals surface area contributed by atoms with Gasteiger partial charge in [0.25, 0.3) is 0 Å². The van der Waals surface area contributed by atoms with Gasteiger partial charge in [-0.2, -0.15) is 0 Å². The van der Waals surface area contributed by atoms with Crippen LogP contribution in [0, 0.1) is 19.8 Å². The van der Waals surface area contributed by atoms with E-state index in [2.05, 4.69) is 41.3 Å². The highest BCUT2D eigenvalue weighted by Crippen LogP contribution is 2.31. The van der Waals surface area contributed by atoms with E-state index >= 15 is 0 Å². The van der Waals surface area contributed by atoms with Crippen molar-refractivity contribution in [1.82, 2.24) is 15.3 Å². The standard InChI is InChI=1S/C22H25N3O3/c1-13-8-18-19(9-14(13)2)25-21(24-18)6-7-23-22(26)16-10-15-4-5-17(27-3)11-20(15)28-12-16/h4-5,8-9,11,16H,6-7,10,12H2,1-3H3,(H,23,26)(H,24,25)/t16-/m0/s1. The second kappa shape index (κ2) is 7.54. The van der Waals surface area contributed by atoms with Gasteiger partial charge >= 0.3 is 0 Å². The Balaban J connectivity index is 1.33. The van der Waals surface area contributed by atoms with Gasteiger partial charge in [0.1, 0.15) is 23.9 Å². The summed E-state index contributed by atoms with van der Waals surface area (Å²) in [6.45, 7) is 5.11. The first-order valence-corrected chi connectivity index (χ1v) is 9.57. The van der Waals surface area contributed by atoms with Crippen molar-refractivity contribution >= 4 is 16.9 Å². The lowest BCUT2D eigenvalue weighted by Gasteiger charge is -2.25. The van der Waals surface area contributed by atoms with Crippen molar-refractivity contribution in [1.29, 1.82) is 0 Å². The first kappa shape index (κ1) is 18.3. The maximum atomic E-state index is 12.5. The van der Waals surface area contributed by atoms with Crippen LogP contribution in [0.5, 0.6) is 11.5 Å². The molecule has 2 aromatic carbocycles. The molecule has 4 rings (SSSR count). The Kier molecular flexibility index (Phi) is 4.94. The van der Waals surface area contributed by atoms with Gasteiger partial charge in [-0.3, -0.25) is 4.79 Å². The molecular weight excluding hydrogens is 354 g/mol. The molecule has 0 saturated heterocycles. The van der Waals surface area contributed by atoms with Crippen LogP contribution >= 0.6 is 0 Å². The van der Waals surface area contributed by atoms with Crippen molar-refractivity contribution in [2.75, 3.05) is 20.3 Å². The SMILES string of the molecule is COc1ccc2c(c1)OC[C@@H](C(=O)NCCc1nc3cc(C)c(C)cc3[nH]1)C2. The molecule has 0 bridgehead atoms. The Hall–Kier alpha value is -3.02. The normalized spacial score (nSPS) is 15.8. The lowest BCUT2D eigenvalue weighted by molar-refractivity contribution is -0.126. The van der Waals surface area contributed by atoms with Gasteiger partial charge in [0.2, 0.25) is 5.91 Å². The van der Waals surface area contributed by atoms with Crippen LogP contribution in [0.25, 0.3) is 11.0 Å². The summed E-state index contributed by atoms with van der Waals surface area (Å²) in [7, 11) is 1.63. The molecule has 0 aliphatic carbocycles. The summed E-state index contributed by atoms with van der Waals surface area (Å²) in [5, 5.41) is 3.02. The van der Waals surface area contributed by atoms with E-state index in [1.807, 2.05) is 18.2 Å². The number of benzene rings is 2. The first-order valence-electron chi connectivity index (χ1n) is 9.57. The fourth-order valence-corrected chi connectivity index (χ4v) is 3.54. The number of carbonyl (C=O) groups is 1. The Morgan fingerprint density at radius 1 is 1.29 bits per heavy atom. The largest absolute Gasteiger partial charge is 0.497 e. The van der Waals surface area contributed by atoms with E-state index in [4.69, 9.17) is 9.47 Å². The maximum Gasteiger partial charge on any atom is 0.226 e. The van der Waals surface area contributed by atoms with Gasteiger partial charge in [0.15, 0.2) is 0 Å². The molecule has 2 heterocycles. The number of aromatic nitrogens is 2. The lowest BCUT2D eigenvalue weighted by atomic mass is 9.96. The molecule has 28 heavy (non-hydrogen) atoms. The summed E-state index contributed by atoms with van der Waals surface area (Å²) in [4.78, 5) is 20.5. The first-order chi connectivity index (χ1) is 13.5. The predicted octanol–water partition coefficient (Wildman–Crippen LogP) is 3.10. The number of aromatic amines is 1. The molecule has 6 nitrogen and oxygen atoms in total. The maximum absolute atomic E-state index is 12.5. The summed E-state index contributed by atoms with van der Waals surface area (Å²) in [5.41, 5.74) is 5.52. The summed E-state index contributed by atoms with van der Waals surface area (Å²) in [5.74, 6) is 2.29. The van der Waals surface area contributed by atoms with E-state index in [1.165, 1.54) is 11.1 Å². The van der Waals surface area contributed by atoms with Gasteiger partial charge in [0.05, 0.1) is 24.1 Å². The Labute approximate surface area is 164 Å². The van der Waals surface area contributed by atoms with Crippen LogP contribution in [-0.2, 0) is 17.6 Å². The van der Waals surface area contributed by atoms with Gasteiger partial charge in [-0.05, 0) is 55.2 Å². The van der Waals surface area contributed by atoms with Gasteiger partial charge in [0, 0.05) is 19.0 Å². The molecule has 1 aliphatic rings. The number of ether oxygens (including phenoxy) is 2. The van der Waals surface area contributed by atoms with Crippen LogP contribution in [0.4, 0.5) is 0 Å². The minimum Gasteiger partial charge on any atom is -0.497 e. The molecule has 1 aromatic heterocycles. The van der Waals surface area contributed by atoms with Gasteiger partial charge < -0.3 is 19.8 Å². The Bertz CT molecular complexity index is 986. The Morgan fingerprint density at radius 3 is 2.93 bits per heavy atom. The van der Waals surface area contributed by atoms with E-state index in [0.29, 0.717) is 26.0 Å². The molecule has 6 heteroatoms. The number of aryl methyl sites for hydroxylation is 2. The average molecular weight is 379 g/mol.